The average molecular weight is 293 g/mol. The van der Waals surface area contributed by atoms with E-state index in [1.165, 1.54) is 0 Å². The maximum atomic E-state index is 12.9. The molecule has 1 rings (SSSR count). The highest BCUT2D eigenvalue weighted by Crippen LogP contribution is 2.41. The van der Waals surface area contributed by atoms with Crippen LogP contribution in [0.4, 0.5) is 13.2 Å². The molecule has 0 heterocycles. The molecule has 3 nitrogen and oxygen atoms in total. The van der Waals surface area contributed by atoms with Crippen LogP contribution in [-0.4, -0.2) is 24.4 Å². The molecule has 0 aromatic rings. The van der Waals surface area contributed by atoms with Crippen molar-refractivity contribution in [3.05, 3.63) is 0 Å². The number of carbonyl (C=O) groups excluding carboxylic acids is 2. The molecule has 0 saturated heterocycles. The lowest BCUT2D eigenvalue weighted by Crippen LogP contribution is -2.45. The second-order valence-corrected chi connectivity index (χ2v) is 6.43. The summed E-state index contributed by atoms with van der Waals surface area (Å²) in [5.74, 6) is -3.48. The van der Waals surface area contributed by atoms with Crippen LogP contribution in [0, 0.1) is 17.3 Å². The summed E-state index contributed by atoms with van der Waals surface area (Å²) < 4.78 is 38.7. The number of hydrogen-bond donors (Lipinski definition) is 1. The molecule has 116 valence electrons. The van der Waals surface area contributed by atoms with Gasteiger partial charge in [-0.05, 0) is 12.8 Å². The number of nitrogens with one attached hydrogen (secondary N) is 1. The molecule has 1 saturated carbocycles. The number of hydrogen-bond acceptors (Lipinski definition) is 2. The quantitative estimate of drug-likeness (QED) is 0.869. The molecule has 1 aliphatic carbocycles. The van der Waals surface area contributed by atoms with E-state index in [4.69, 9.17) is 0 Å². The summed E-state index contributed by atoms with van der Waals surface area (Å²) >= 11 is 0. The smallest absolute Gasteiger partial charge is 0.349 e. The van der Waals surface area contributed by atoms with Crippen molar-refractivity contribution in [3.8, 4) is 0 Å². The third-order valence-corrected chi connectivity index (χ3v) is 3.78. The van der Waals surface area contributed by atoms with Gasteiger partial charge in [-0.15, -0.1) is 0 Å². The Morgan fingerprint density at radius 3 is 2.15 bits per heavy atom. The highest BCUT2D eigenvalue weighted by atomic mass is 19.4. The van der Waals surface area contributed by atoms with Crippen molar-refractivity contribution >= 4 is 11.7 Å². The Kier molecular flexibility index (Phi) is 5.21. The Balaban J connectivity index is 2.63. The van der Waals surface area contributed by atoms with E-state index in [-0.39, 0.29) is 25.2 Å². The van der Waals surface area contributed by atoms with Crippen LogP contribution < -0.4 is 5.32 Å². The molecule has 1 N–H and O–H groups in total. The van der Waals surface area contributed by atoms with Crippen molar-refractivity contribution in [2.45, 2.75) is 52.6 Å². The SMILES string of the molecule is CC(C)(C)C(=O)CNC(=O)C1CCCCC1C(F)(F)F. The van der Waals surface area contributed by atoms with Gasteiger partial charge in [-0.2, -0.15) is 13.2 Å². The molecule has 2 unspecified atom stereocenters. The number of amides is 1. The minimum Gasteiger partial charge on any atom is -0.349 e. The second kappa shape index (κ2) is 6.14. The Bertz CT molecular complexity index is 372. The van der Waals surface area contributed by atoms with Gasteiger partial charge in [0, 0.05) is 11.3 Å². The minimum atomic E-state index is -4.35. The second-order valence-electron chi connectivity index (χ2n) is 6.43. The lowest BCUT2D eigenvalue weighted by atomic mass is 9.78. The highest BCUT2D eigenvalue weighted by molar-refractivity contribution is 5.90. The van der Waals surface area contributed by atoms with Gasteiger partial charge in [-0.1, -0.05) is 33.6 Å². The monoisotopic (exact) mass is 293 g/mol. The molecule has 6 heteroatoms. The van der Waals surface area contributed by atoms with E-state index in [0.717, 1.165) is 0 Å². The normalized spacial score (nSPS) is 24.3. The summed E-state index contributed by atoms with van der Waals surface area (Å²) in [4.78, 5) is 23.6. The molecular weight excluding hydrogens is 271 g/mol. The number of rotatable bonds is 3. The number of halogens is 3. The number of ketones is 1. The first-order chi connectivity index (χ1) is 9.03. The van der Waals surface area contributed by atoms with Crippen LogP contribution in [0.5, 0.6) is 0 Å². The Morgan fingerprint density at radius 2 is 1.65 bits per heavy atom. The van der Waals surface area contributed by atoms with E-state index in [0.29, 0.717) is 12.8 Å². The van der Waals surface area contributed by atoms with Crippen LogP contribution in [0.1, 0.15) is 46.5 Å². The fourth-order valence-corrected chi connectivity index (χ4v) is 2.40. The summed E-state index contributed by atoms with van der Waals surface area (Å²) in [6, 6.07) is 0. The van der Waals surface area contributed by atoms with Gasteiger partial charge in [0.25, 0.3) is 0 Å². The van der Waals surface area contributed by atoms with Gasteiger partial charge >= 0.3 is 6.18 Å². The molecule has 1 fully saturated rings. The van der Waals surface area contributed by atoms with Gasteiger partial charge in [0.2, 0.25) is 5.91 Å². The number of carbonyl (C=O) groups is 2. The first kappa shape index (κ1) is 17.0. The van der Waals surface area contributed by atoms with E-state index in [1.807, 2.05) is 0 Å². The topological polar surface area (TPSA) is 46.2 Å². The molecule has 0 aliphatic heterocycles. The zero-order valence-corrected chi connectivity index (χ0v) is 12.1. The van der Waals surface area contributed by atoms with E-state index in [1.54, 1.807) is 20.8 Å². The maximum Gasteiger partial charge on any atom is 0.392 e. The van der Waals surface area contributed by atoms with Gasteiger partial charge in [0.05, 0.1) is 12.5 Å². The number of Topliss-reactive ketones (excluding diaryl/α,β-unsaturated/α-hetero) is 1. The molecule has 0 bridgehead atoms. The summed E-state index contributed by atoms with van der Waals surface area (Å²) in [6.07, 6.45) is -3.00. The molecule has 0 radical (unpaired) electrons. The van der Waals surface area contributed by atoms with E-state index in [2.05, 4.69) is 5.32 Å². The summed E-state index contributed by atoms with van der Waals surface area (Å²) in [7, 11) is 0. The lowest BCUT2D eigenvalue weighted by molar-refractivity contribution is -0.198. The van der Waals surface area contributed by atoms with Crippen LogP contribution in [0.3, 0.4) is 0 Å². The Labute approximate surface area is 117 Å². The molecule has 2 atom stereocenters. The molecular formula is C14H22F3NO2. The van der Waals surface area contributed by atoms with Crippen LogP contribution in [-0.2, 0) is 9.59 Å². The van der Waals surface area contributed by atoms with Gasteiger partial charge < -0.3 is 5.32 Å². The molecule has 20 heavy (non-hydrogen) atoms. The van der Waals surface area contributed by atoms with Crippen molar-refractivity contribution in [2.24, 2.45) is 17.3 Å². The van der Waals surface area contributed by atoms with Gasteiger partial charge in [-0.25, -0.2) is 0 Å². The first-order valence-corrected chi connectivity index (χ1v) is 6.91. The summed E-state index contributed by atoms with van der Waals surface area (Å²) in [5.41, 5.74) is -0.608. The van der Waals surface area contributed by atoms with Crippen LogP contribution in [0.2, 0.25) is 0 Å². The predicted molar refractivity (Wildman–Crippen MR) is 69.0 cm³/mol. The third kappa shape index (κ3) is 4.49. The predicted octanol–water partition coefficient (Wildman–Crippen LogP) is 3.09. The fraction of sp³-hybridized carbons (Fsp3) is 0.857. The summed E-state index contributed by atoms with van der Waals surface area (Å²) in [5, 5.41) is 2.37. The third-order valence-electron chi connectivity index (χ3n) is 3.78. The number of alkyl halides is 3. The summed E-state index contributed by atoms with van der Waals surface area (Å²) in [6.45, 7) is 4.92. The van der Waals surface area contributed by atoms with Crippen LogP contribution in [0.25, 0.3) is 0 Å². The van der Waals surface area contributed by atoms with Crippen molar-refractivity contribution in [3.63, 3.8) is 0 Å². The van der Waals surface area contributed by atoms with Crippen LogP contribution >= 0.6 is 0 Å². The molecule has 1 aliphatic rings. The molecule has 1 amide bonds. The van der Waals surface area contributed by atoms with Crippen molar-refractivity contribution < 1.29 is 22.8 Å². The van der Waals surface area contributed by atoms with E-state index >= 15 is 0 Å². The standard InChI is InChI=1S/C14H22F3NO2/c1-13(2,3)11(19)8-18-12(20)9-6-4-5-7-10(9)14(15,16)17/h9-10H,4-8H2,1-3H3,(H,18,20). The van der Waals surface area contributed by atoms with Crippen molar-refractivity contribution in [2.75, 3.05) is 6.54 Å². The zero-order valence-electron chi connectivity index (χ0n) is 12.1. The molecule has 0 aromatic carbocycles. The maximum absolute atomic E-state index is 12.9. The first-order valence-electron chi connectivity index (χ1n) is 6.91. The zero-order chi connectivity index (χ0) is 15.6. The van der Waals surface area contributed by atoms with Crippen molar-refractivity contribution in [1.82, 2.24) is 5.32 Å². The fourth-order valence-electron chi connectivity index (χ4n) is 2.40. The molecule has 0 aromatic heterocycles. The van der Waals surface area contributed by atoms with Gasteiger partial charge in [0.15, 0.2) is 5.78 Å². The average Bonchev–Trinajstić information content (AvgIpc) is 2.33. The molecule has 0 spiro atoms. The van der Waals surface area contributed by atoms with Gasteiger partial charge in [0.1, 0.15) is 0 Å². The van der Waals surface area contributed by atoms with Crippen LogP contribution in [0.15, 0.2) is 0 Å². The van der Waals surface area contributed by atoms with E-state index in [9.17, 15) is 22.8 Å². The Hall–Kier alpha value is -1.07. The Morgan fingerprint density at radius 1 is 1.10 bits per heavy atom. The minimum absolute atomic E-state index is 0.00515. The van der Waals surface area contributed by atoms with E-state index < -0.39 is 29.3 Å². The van der Waals surface area contributed by atoms with Crippen molar-refractivity contribution in [1.29, 1.82) is 0 Å². The largest absolute Gasteiger partial charge is 0.392 e. The highest BCUT2D eigenvalue weighted by Gasteiger charge is 2.48. The lowest BCUT2D eigenvalue weighted by Gasteiger charge is -2.32. The van der Waals surface area contributed by atoms with Gasteiger partial charge in [-0.3, -0.25) is 9.59 Å².